The summed E-state index contributed by atoms with van der Waals surface area (Å²) in [4.78, 5) is 2.15. The average molecular weight is 191 g/mol. The summed E-state index contributed by atoms with van der Waals surface area (Å²) >= 11 is 0. The topological polar surface area (TPSA) is 40.2 Å². The molecule has 0 aromatic carbocycles. The molecule has 0 amide bonds. The van der Waals surface area contributed by atoms with Crippen LogP contribution in [0.4, 0.5) is 0 Å². The van der Waals surface area contributed by atoms with E-state index in [0.29, 0.717) is 19.9 Å². The van der Waals surface area contributed by atoms with Crippen molar-refractivity contribution in [1.29, 1.82) is 0 Å². The lowest BCUT2D eigenvalue weighted by molar-refractivity contribution is -0.000621. The molecule has 0 saturated carbocycles. The number of fused-ring (bicyclic) bond motifs is 3. The first kappa shape index (κ1) is 8.61. The highest BCUT2D eigenvalue weighted by molar-refractivity contribution is 6.53. The summed E-state index contributed by atoms with van der Waals surface area (Å²) in [6.07, 6.45) is 0. The van der Waals surface area contributed by atoms with Crippen LogP contribution in [0.2, 0.25) is 0 Å². The lowest BCUT2D eigenvalue weighted by atomic mass is 10.5. The van der Waals surface area contributed by atoms with Gasteiger partial charge in [-0.05, 0) is 0 Å². The Morgan fingerprint density at radius 1 is 1.17 bits per heavy atom. The van der Waals surface area contributed by atoms with Crippen molar-refractivity contribution in [3.8, 4) is 0 Å². The molecule has 0 unspecified atom stereocenters. The molecule has 6 heteroatoms. The fourth-order valence-corrected chi connectivity index (χ4v) is 2.94. The highest BCUT2D eigenvalue weighted by atomic mass is 28.4. The largest absolute Gasteiger partial charge is 0.680 e. The van der Waals surface area contributed by atoms with Crippen molar-refractivity contribution in [2.24, 2.45) is 0 Å². The fourth-order valence-electron chi connectivity index (χ4n) is 1.31. The Kier molecular flexibility index (Phi) is 2.44. The van der Waals surface area contributed by atoms with Crippen molar-refractivity contribution in [3.63, 3.8) is 0 Å². The van der Waals surface area contributed by atoms with Gasteiger partial charge >= 0.3 is 9.05 Å². The van der Waals surface area contributed by atoms with E-state index in [-0.39, 0.29) is 0 Å². The van der Waals surface area contributed by atoms with Gasteiger partial charge in [0.1, 0.15) is 0 Å². The highest BCUT2D eigenvalue weighted by Crippen LogP contribution is 2.17. The Morgan fingerprint density at radius 3 is 2.42 bits per heavy atom. The summed E-state index contributed by atoms with van der Waals surface area (Å²) in [5.41, 5.74) is 0. The van der Waals surface area contributed by atoms with Gasteiger partial charge in [0.05, 0.1) is 19.9 Å². The van der Waals surface area contributed by atoms with Crippen LogP contribution in [0.5, 0.6) is 0 Å². The van der Waals surface area contributed by atoms with Crippen LogP contribution >= 0.6 is 0 Å². The van der Waals surface area contributed by atoms with E-state index in [1.807, 2.05) is 0 Å². The zero-order valence-corrected chi connectivity index (χ0v) is 8.12. The molecule has 2 saturated heterocycles. The van der Waals surface area contributed by atoms with Crippen LogP contribution in [0.25, 0.3) is 0 Å². The summed E-state index contributed by atoms with van der Waals surface area (Å²) in [6.45, 7) is 3.66. The Balaban J connectivity index is 2.11. The van der Waals surface area contributed by atoms with Crippen molar-refractivity contribution in [3.05, 3.63) is 0 Å². The molecular weight excluding hydrogens is 178 g/mol. The Morgan fingerprint density at radius 2 is 1.83 bits per heavy atom. The zero-order chi connectivity index (χ0) is 8.44. The Hall–Kier alpha value is 0.0169. The molecule has 0 radical (unpaired) electrons. The van der Waals surface area contributed by atoms with Crippen LogP contribution in [-0.4, -0.2) is 54.1 Å². The minimum absolute atomic E-state index is 0.570. The molecule has 12 heavy (non-hydrogen) atoms. The van der Waals surface area contributed by atoms with Gasteiger partial charge in [0, 0.05) is 20.2 Å². The second kappa shape index (κ2) is 3.41. The van der Waals surface area contributed by atoms with Crippen molar-refractivity contribution >= 4 is 9.05 Å². The summed E-state index contributed by atoms with van der Waals surface area (Å²) in [5, 5.41) is 0. The van der Waals surface area contributed by atoms with E-state index in [1.165, 1.54) is 0 Å². The van der Waals surface area contributed by atoms with Crippen LogP contribution in [0, 0.1) is 0 Å². The molecule has 0 atom stereocenters. The van der Waals surface area contributed by atoms with Crippen LogP contribution in [-0.2, 0) is 17.7 Å². The molecule has 70 valence electrons. The molecular formula is C6H13NO4Si. The first-order chi connectivity index (χ1) is 5.85. The van der Waals surface area contributed by atoms with Gasteiger partial charge in [-0.25, -0.2) is 0 Å². The summed E-state index contributed by atoms with van der Waals surface area (Å²) < 4.78 is 21.5. The monoisotopic (exact) mass is 191 g/mol. The molecule has 0 aromatic heterocycles. The fraction of sp³-hybridized carbons (Fsp3) is 1.00. The molecule has 5 nitrogen and oxygen atoms in total. The van der Waals surface area contributed by atoms with Crippen LogP contribution in [0.15, 0.2) is 0 Å². The molecule has 0 aromatic rings. The van der Waals surface area contributed by atoms with E-state index < -0.39 is 9.05 Å². The second-order valence-electron chi connectivity index (χ2n) is 2.79. The average Bonchev–Trinajstić information content (AvgIpc) is 2.35. The number of nitrogens with zero attached hydrogens (tertiary/aromatic N) is 1. The third kappa shape index (κ3) is 1.54. The van der Waals surface area contributed by atoms with Gasteiger partial charge in [-0.2, -0.15) is 0 Å². The SMILES string of the molecule is CO[Si]12OCCN(CCO1)CO2. The van der Waals surface area contributed by atoms with Crippen molar-refractivity contribution in [1.82, 2.24) is 4.90 Å². The summed E-state index contributed by atoms with van der Waals surface area (Å²) in [6, 6.07) is 0. The van der Waals surface area contributed by atoms with E-state index in [4.69, 9.17) is 17.7 Å². The molecule has 0 N–H and O–H groups in total. The van der Waals surface area contributed by atoms with Crippen LogP contribution in [0.1, 0.15) is 0 Å². The van der Waals surface area contributed by atoms with E-state index >= 15 is 0 Å². The van der Waals surface area contributed by atoms with Gasteiger partial charge in [0.25, 0.3) is 0 Å². The first-order valence-corrected chi connectivity index (χ1v) is 5.67. The van der Waals surface area contributed by atoms with Gasteiger partial charge in [-0.1, -0.05) is 0 Å². The minimum Gasteiger partial charge on any atom is -0.355 e. The van der Waals surface area contributed by atoms with Gasteiger partial charge in [0.15, 0.2) is 0 Å². The third-order valence-corrected chi connectivity index (χ3v) is 4.14. The Labute approximate surface area is 72.6 Å². The predicted molar refractivity (Wildman–Crippen MR) is 42.2 cm³/mol. The Bertz CT molecular complexity index is 158. The van der Waals surface area contributed by atoms with Crippen molar-refractivity contribution in [2.45, 2.75) is 0 Å². The van der Waals surface area contributed by atoms with E-state index in [0.717, 1.165) is 13.1 Å². The van der Waals surface area contributed by atoms with Gasteiger partial charge in [0.2, 0.25) is 0 Å². The third-order valence-electron chi connectivity index (χ3n) is 2.05. The van der Waals surface area contributed by atoms with Crippen molar-refractivity contribution in [2.75, 3.05) is 40.1 Å². The van der Waals surface area contributed by atoms with Crippen molar-refractivity contribution < 1.29 is 17.7 Å². The summed E-state index contributed by atoms with van der Waals surface area (Å²) in [7, 11) is -1.13. The lowest BCUT2D eigenvalue weighted by Gasteiger charge is -2.23. The van der Waals surface area contributed by atoms with Crippen LogP contribution < -0.4 is 0 Å². The minimum atomic E-state index is -2.71. The predicted octanol–water partition coefficient (Wildman–Crippen LogP) is -0.595. The standard InChI is InChI=1S/C6H13NO4Si/c1-8-12-9-4-2-7(6-11-12)3-5-10-12/h2-6H2,1H3. The maximum absolute atomic E-state index is 5.46. The first-order valence-electron chi connectivity index (χ1n) is 4.04. The quantitative estimate of drug-likeness (QED) is 0.518. The highest BCUT2D eigenvalue weighted by Gasteiger charge is 2.48. The number of hydrogen-bond acceptors (Lipinski definition) is 5. The second-order valence-corrected chi connectivity index (χ2v) is 5.07. The van der Waals surface area contributed by atoms with Gasteiger partial charge < -0.3 is 17.7 Å². The van der Waals surface area contributed by atoms with Gasteiger partial charge in [-0.3, -0.25) is 4.90 Å². The molecule has 2 fully saturated rings. The number of hydrogen-bond donors (Lipinski definition) is 0. The zero-order valence-electron chi connectivity index (χ0n) is 7.12. The molecule has 2 heterocycles. The lowest BCUT2D eigenvalue weighted by Crippen LogP contribution is -2.47. The molecule has 2 aliphatic heterocycles. The number of rotatable bonds is 1. The van der Waals surface area contributed by atoms with E-state index in [1.54, 1.807) is 7.11 Å². The molecule has 2 bridgehead atoms. The van der Waals surface area contributed by atoms with E-state index in [2.05, 4.69) is 4.90 Å². The molecule has 0 spiro atoms. The molecule has 2 aliphatic rings. The molecule has 0 aliphatic carbocycles. The maximum Gasteiger partial charge on any atom is 0.680 e. The molecule has 2 rings (SSSR count). The summed E-state index contributed by atoms with van der Waals surface area (Å²) in [5.74, 6) is 0. The maximum atomic E-state index is 5.46. The smallest absolute Gasteiger partial charge is 0.355 e. The van der Waals surface area contributed by atoms with E-state index in [9.17, 15) is 0 Å². The normalized spacial score (nSPS) is 42.2. The van der Waals surface area contributed by atoms with Gasteiger partial charge in [-0.15, -0.1) is 0 Å². The van der Waals surface area contributed by atoms with Crippen LogP contribution in [0.3, 0.4) is 0 Å².